The number of methoxy groups -OCH3 is 1. The fraction of sp³-hybridized carbons (Fsp3) is 0.529. The van der Waals surface area contributed by atoms with Gasteiger partial charge in [0.2, 0.25) is 0 Å². The van der Waals surface area contributed by atoms with Crippen LogP contribution in [0.5, 0.6) is 0 Å². The first kappa shape index (κ1) is 14.9. The molecule has 5 nitrogen and oxygen atoms in total. The average Bonchev–Trinajstić information content (AvgIpc) is 2.86. The number of benzene rings is 1. The Kier molecular flexibility index (Phi) is 3.38. The van der Waals surface area contributed by atoms with Gasteiger partial charge in [0, 0.05) is 18.8 Å². The number of hydrogen-bond acceptors (Lipinski definition) is 3. The van der Waals surface area contributed by atoms with Gasteiger partial charge in [-0.05, 0) is 41.9 Å². The maximum absolute atomic E-state index is 12.4. The zero-order valence-electron chi connectivity index (χ0n) is 13.5. The lowest BCUT2D eigenvalue weighted by Crippen LogP contribution is -2.36. The molecular formula is C17H22N2O3. The highest BCUT2D eigenvalue weighted by molar-refractivity contribution is 5.96. The molecule has 1 aromatic carbocycles. The third-order valence-corrected chi connectivity index (χ3v) is 5.39. The molecule has 118 valence electrons. The molecule has 1 saturated carbocycles. The van der Waals surface area contributed by atoms with E-state index in [2.05, 4.69) is 19.2 Å². The van der Waals surface area contributed by atoms with Crippen molar-refractivity contribution in [3.8, 4) is 0 Å². The molecule has 1 heterocycles. The summed E-state index contributed by atoms with van der Waals surface area (Å²) in [6.07, 6.45) is 0. The minimum Gasteiger partial charge on any atom is -0.465 e. The Morgan fingerprint density at radius 2 is 1.91 bits per heavy atom. The maximum Gasteiger partial charge on any atom is 0.338 e. The highest BCUT2D eigenvalue weighted by atomic mass is 16.5. The molecule has 0 unspecified atom stereocenters. The van der Waals surface area contributed by atoms with Gasteiger partial charge < -0.3 is 15.0 Å². The van der Waals surface area contributed by atoms with Crippen LogP contribution in [0.1, 0.15) is 29.8 Å². The summed E-state index contributed by atoms with van der Waals surface area (Å²) in [4.78, 5) is 26.0. The molecule has 22 heavy (non-hydrogen) atoms. The van der Waals surface area contributed by atoms with Gasteiger partial charge in [0.05, 0.1) is 12.7 Å². The number of fused-ring (bicyclic) bond motifs is 1. The van der Waals surface area contributed by atoms with E-state index < -0.39 is 5.97 Å². The number of rotatable bonds is 2. The fourth-order valence-electron chi connectivity index (χ4n) is 3.59. The van der Waals surface area contributed by atoms with Crippen LogP contribution in [-0.2, 0) is 4.74 Å². The van der Waals surface area contributed by atoms with E-state index >= 15 is 0 Å². The molecule has 1 N–H and O–H groups in total. The second-order valence-electron chi connectivity index (χ2n) is 6.84. The lowest BCUT2D eigenvalue weighted by atomic mass is 10.1. The Morgan fingerprint density at radius 1 is 1.27 bits per heavy atom. The van der Waals surface area contributed by atoms with E-state index in [1.54, 1.807) is 18.2 Å². The Hall–Kier alpha value is -2.04. The second kappa shape index (κ2) is 5.00. The quantitative estimate of drug-likeness (QED) is 0.855. The molecule has 5 heteroatoms. The topological polar surface area (TPSA) is 58.6 Å². The largest absolute Gasteiger partial charge is 0.465 e. The maximum atomic E-state index is 12.4. The molecule has 1 aliphatic heterocycles. The average molecular weight is 302 g/mol. The zero-order valence-corrected chi connectivity index (χ0v) is 13.5. The number of ether oxygens (including phenoxy) is 1. The molecule has 1 aromatic rings. The van der Waals surface area contributed by atoms with Crippen LogP contribution in [0.15, 0.2) is 18.2 Å². The number of esters is 1. The molecule has 1 aliphatic carbocycles. The highest BCUT2D eigenvalue weighted by Gasteiger charge is 2.62. The van der Waals surface area contributed by atoms with Crippen LogP contribution < -0.4 is 5.32 Å². The molecule has 3 rings (SSSR count). The number of amides is 2. The van der Waals surface area contributed by atoms with E-state index in [1.807, 2.05) is 11.8 Å². The number of urea groups is 1. The van der Waals surface area contributed by atoms with Crippen LogP contribution in [0.2, 0.25) is 0 Å². The number of piperidine rings is 1. The molecule has 1 saturated heterocycles. The third-order valence-electron chi connectivity index (χ3n) is 5.39. The Balaban J connectivity index is 1.69. The normalized spacial score (nSPS) is 24.6. The zero-order chi connectivity index (χ0) is 16.1. The summed E-state index contributed by atoms with van der Waals surface area (Å²) in [6, 6.07) is 5.16. The first-order valence-corrected chi connectivity index (χ1v) is 7.60. The summed E-state index contributed by atoms with van der Waals surface area (Å²) in [5, 5.41) is 2.92. The molecule has 2 atom stereocenters. The van der Waals surface area contributed by atoms with Crippen molar-refractivity contribution in [3.05, 3.63) is 29.3 Å². The van der Waals surface area contributed by atoms with Crippen LogP contribution in [-0.4, -0.2) is 37.1 Å². The minimum absolute atomic E-state index is 0.0897. The van der Waals surface area contributed by atoms with Crippen LogP contribution >= 0.6 is 0 Å². The van der Waals surface area contributed by atoms with Crippen molar-refractivity contribution in [2.24, 2.45) is 17.3 Å². The van der Waals surface area contributed by atoms with Gasteiger partial charge in [0.15, 0.2) is 0 Å². The summed E-state index contributed by atoms with van der Waals surface area (Å²) < 4.78 is 4.76. The molecule has 2 fully saturated rings. The fourth-order valence-corrected chi connectivity index (χ4v) is 3.59. The Morgan fingerprint density at radius 3 is 2.50 bits per heavy atom. The van der Waals surface area contributed by atoms with Gasteiger partial charge in [-0.3, -0.25) is 0 Å². The third kappa shape index (κ3) is 2.25. The van der Waals surface area contributed by atoms with Crippen LogP contribution in [0, 0.1) is 24.2 Å². The summed E-state index contributed by atoms with van der Waals surface area (Å²) in [5.41, 5.74) is 2.25. The second-order valence-corrected chi connectivity index (χ2v) is 6.84. The number of carbonyl (C=O) groups is 2. The van der Waals surface area contributed by atoms with Crippen molar-refractivity contribution in [2.75, 3.05) is 25.5 Å². The van der Waals surface area contributed by atoms with Crippen molar-refractivity contribution in [3.63, 3.8) is 0 Å². The van der Waals surface area contributed by atoms with E-state index in [4.69, 9.17) is 4.74 Å². The molecule has 2 aliphatic rings. The van der Waals surface area contributed by atoms with Gasteiger partial charge >= 0.3 is 12.0 Å². The van der Waals surface area contributed by atoms with Crippen molar-refractivity contribution in [1.82, 2.24) is 4.90 Å². The summed E-state index contributed by atoms with van der Waals surface area (Å²) in [6.45, 7) is 7.98. The monoisotopic (exact) mass is 302 g/mol. The number of hydrogen-bond donors (Lipinski definition) is 1. The minimum atomic E-state index is -0.391. The predicted octanol–water partition coefficient (Wildman–Crippen LogP) is 2.90. The van der Waals surface area contributed by atoms with Crippen molar-refractivity contribution in [1.29, 1.82) is 0 Å². The summed E-state index contributed by atoms with van der Waals surface area (Å²) >= 11 is 0. The summed E-state index contributed by atoms with van der Waals surface area (Å²) in [5.74, 6) is 0.860. The molecule has 0 aromatic heterocycles. The van der Waals surface area contributed by atoms with Crippen molar-refractivity contribution >= 4 is 17.7 Å². The predicted molar refractivity (Wildman–Crippen MR) is 83.9 cm³/mol. The van der Waals surface area contributed by atoms with E-state index in [1.165, 1.54) is 7.11 Å². The van der Waals surface area contributed by atoms with Crippen molar-refractivity contribution in [2.45, 2.75) is 20.8 Å². The molecule has 2 amide bonds. The number of carbonyl (C=O) groups excluding carboxylic acids is 2. The van der Waals surface area contributed by atoms with Gasteiger partial charge in [-0.15, -0.1) is 0 Å². The van der Waals surface area contributed by atoms with E-state index in [0.29, 0.717) is 28.5 Å². The summed E-state index contributed by atoms with van der Waals surface area (Å²) in [7, 11) is 1.35. The Labute approximate surface area is 130 Å². The van der Waals surface area contributed by atoms with Gasteiger partial charge in [0.1, 0.15) is 0 Å². The smallest absolute Gasteiger partial charge is 0.338 e. The van der Waals surface area contributed by atoms with Gasteiger partial charge in [-0.2, -0.15) is 0 Å². The molecule has 0 spiro atoms. The standard InChI is InChI=1S/C17H22N2O3/c1-10-11(15(20)22-4)6-5-7-14(10)18-16(21)19-8-12-13(9-19)17(12,2)3/h5-7,12-13H,8-9H2,1-4H3,(H,18,21)/t12-,13-/m0/s1. The molecular weight excluding hydrogens is 280 g/mol. The van der Waals surface area contributed by atoms with Crippen LogP contribution in [0.4, 0.5) is 10.5 Å². The number of nitrogens with zero attached hydrogens (tertiary/aromatic N) is 1. The number of anilines is 1. The first-order valence-electron chi connectivity index (χ1n) is 7.60. The highest BCUT2D eigenvalue weighted by Crippen LogP contribution is 2.61. The van der Waals surface area contributed by atoms with E-state index in [-0.39, 0.29) is 6.03 Å². The molecule has 0 bridgehead atoms. The lowest BCUT2D eigenvalue weighted by molar-refractivity contribution is 0.0600. The van der Waals surface area contributed by atoms with E-state index in [0.717, 1.165) is 18.7 Å². The number of nitrogens with one attached hydrogen (secondary N) is 1. The SMILES string of the molecule is COC(=O)c1cccc(NC(=O)N2C[C@H]3[C@H](C2)C3(C)C)c1C. The number of likely N-dealkylation sites (tertiary alicyclic amines) is 1. The first-order chi connectivity index (χ1) is 10.4. The van der Waals surface area contributed by atoms with E-state index in [9.17, 15) is 9.59 Å². The van der Waals surface area contributed by atoms with Crippen LogP contribution in [0.25, 0.3) is 0 Å². The van der Waals surface area contributed by atoms with Crippen molar-refractivity contribution < 1.29 is 14.3 Å². The Bertz CT molecular complexity index is 625. The lowest BCUT2D eigenvalue weighted by Gasteiger charge is -2.23. The van der Waals surface area contributed by atoms with Gasteiger partial charge in [0.25, 0.3) is 0 Å². The van der Waals surface area contributed by atoms with Gasteiger partial charge in [-0.1, -0.05) is 19.9 Å². The van der Waals surface area contributed by atoms with Gasteiger partial charge in [-0.25, -0.2) is 9.59 Å². The molecule has 0 radical (unpaired) electrons. The van der Waals surface area contributed by atoms with Crippen LogP contribution in [0.3, 0.4) is 0 Å².